The van der Waals surface area contributed by atoms with Gasteiger partial charge in [0.15, 0.2) is 23.8 Å². The Bertz CT molecular complexity index is 819. The van der Waals surface area contributed by atoms with Gasteiger partial charge in [0.2, 0.25) is 5.76 Å². The first-order valence-corrected chi connectivity index (χ1v) is 9.43. The van der Waals surface area contributed by atoms with Crippen molar-refractivity contribution in [1.82, 2.24) is 0 Å². The zero-order valence-corrected chi connectivity index (χ0v) is 17.3. The molecule has 10 heteroatoms. The van der Waals surface area contributed by atoms with Gasteiger partial charge in [-0.3, -0.25) is 14.4 Å². The monoisotopic (exact) mass is 426 g/mol. The number of aliphatic hydroxyl groups excluding tert-OH is 3. The molecular formula is C20H26O10. The molecule has 0 bridgehead atoms. The first-order chi connectivity index (χ1) is 13.8. The average molecular weight is 426 g/mol. The molecule has 10 nitrogen and oxygen atoms in total. The fraction of sp³-hybridized carbons (Fsp3) is 0.600. The Hall–Kier alpha value is -2.88. The number of allylic oxidation sites excluding steroid dienone is 1. The fourth-order valence-corrected chi connectivity index (χ4v) is 3.22. The summed E-state index contributed by atoms with van der Waals surface area (Å²) in [5.41, 5.74) is 1.22. The van der Waals surface area contributed by atoms with E-state index in [1.807, 2.05) is 20.8 Å². The lowest BCUT2D eigenvalue weighted by Crippen LogP contribution is -2.38. The smallest absolute Gasteiger partial charge is 0.377 e. The number of aliphatic hydroxyl groups is 3. The second-order valence-corrected chi connectivity index (χ2v) is 7.99. The fourth-order valence-electron chi connectivity index (χ4n) is 3.22. The molecule has 3 N–H and O–H groups in total. The number of Topliss-reactive ketones (excluding diaryl/α,β-unsaturated/α-hetero) is 1. The number of carbonyl (C=O) groups is 4. The van der Waals surface area contributed by atoms with Gasteiger partial charge in [0.05, 0.1) is 12.8 Å². The molecule has 1 heterocycles. The van der Waals surface area contributed by atoms with Crippen LogP contribution < -0.4 is 0 Å². The van der Waals surface area contributed by atoms with Crippen molar-refractivity contribution in [1.29, 1.82) is 0 Å². The summed E-state index contributed by atoms with van der Waals surface area (Å²) in [4.78, 5) is 47.3. The van der Waals surface area contributed by atoms with Gasteiger partial charge in [-0.2, -0.15) is 0 Å². The van der Waals surface area contributed by atoms with Gasteiger partial charge in [-0.05, 0) is 24.8 Å². The van der Waals surface area contributed by atoms with Gasteiger partial charge in [0.1, 0.15) is 12.7 Å². The van der Waals surface area contributed by atoms with Crippen LogP contribution in [-0.2, 0) is 33.4 Å². The molecule has 2 aliphatic rings. The number of rotatable bonds is 7. The summed E-state index contributed by atoms with van der Waals surface area (Å²) < 4.78 is 14.6. The quantitative estimate of drug-likeness (QED) is 0.399. The van der Waals surface area contributed by atoms with Gasteiger partial charge in [-0.1, -0.05) is 19.4 Å². The zero-order chi connectivity index (χ0) is 22.8. The highest BCUT2D eigenvalue weighted by atomic mass is 16.6. The minimum absolute atomic E-state index is 0.256. The number of carbonyl (C=O) groups excluding carboxylic acids is 4. The van der Waals surface area contributed by atoms with Crippen molar-refractivity contribution in [3.63, 3.8) is 0 Å². The Labute approximate surface area is 173 Å². The first kappa shape index (κ1) is 23.4. The Morgan fingerprint density at radius 3 is 2.33 bits per heavy atom. The topological polar surface area (TPSA) is 157 Å². The molecule has 166 valence electrons. The molecule has 0 spiro atoms. The summed E-state index contributed by atoms with van der Waals surface area (Å²) >= 11 is 0. The number of ketones is 1. The van der Waals surface area contributed by atoms with E-state index in [0.717, 1.165) is 5.57 Å². The third kappa shape index (κ3) is 4.99. The molecule has 1 aliphatic heterocycles. The van der Waals surface area contributed by atoms with Crippen LogP contribution in [0.4, 0.5) is 0 Å². The molecule has 2 rings (SSSR count). The number of cyclic esters (lactones) is 1. The van der Waals surface area contributed by atoms with Crippen molar-refractivity contribution < 1.29 is 48.7 Å². The van der Waals surface area contributed by atoms with Crippen LogP contribution in [-0.4, -0.2) is 63.9 Å². The summed E-state index contributed by atoms with van der Waals surface area (Å²) in [6.45, 7) is 6.84. The molecule has 30 heavy (non-hydrogen) atoms. The van der Waals surface area contributed by atoms with Crippen LogP contribution in [0.5, 0.6) is 0 Å². The highest BCUT2D eigenvalue weighted by Gasteiger charge is 2.40. The third-order valence-corrected chi connectivity index (χ3v) is 5.45. The predicted molar refractivity (Wildman–Crippen MR) is 100 cm³/mol. The molecule has 0 aromatic carbocycles. The molecule has 0 radical (unpaired) electrons. The van der Waals surface area contributed by atoms with Crippen LogP contribution in [0.25, 0.3) is 0 Å². The van der Waals surface area contributed by atoms with Crippen LogP contribution >= 0.6 is 0 Å². The summed E-state index contributed by atoms with van der Waals surface area (Å²) in [7, 11) is 0. The number of ether oxygens (including phenoxy) is 3. The van der Waals surface area contributed by atoms with Crippen LogP contribution in [0.15, 0.2) is 22.7 Å². The lowest BCUT2D eigenvalue weighted by molar-refractivity contribution is -0.160. The van der Waals surface area contributed by atoms with E-state index in [4.69, 9.17) is 9.47 Å². The predicted octanol–water partition coefficient (Wildman–Crippen LogP) is 1.17. The van der Waals surface area contributed by atoms with Crippen LogP contribution in [0.3, 0.4) is 0 Å². The Morgan fingerprint density at radius 2 is 1.77 bits per heavy atom. The minimum Gasteiger partial charge on any atom is -0.505 e. The highest BCUT2D eigenvalue weighted by molar-refractivity contribution is 6.01. The average Bonchev–Trinajstić information content (AvgIpc) is 2.94. The lowest BCUT2D eigenvalue weighted by Gasteiger charge is -2.35. The van der Waals surface area contributed by atoms with E-state index in [1.165, 1.54) is 0 Å². The minimum atomic E-state index is -1.60. The van der Waals surface area contributed by atoms with E-state index >= 15 is 0 Å². The maximum Gasteiger partial charge on any atom is 0.377 e. The van der Waals surface area contributed by atoms with Crippen LogP contribution in [0.1, 0.15) is 47.0 Å². The highest BCUT2D eigenvalue weighted by Crippen LogP contribution is 2.39. The van der Waals surface area contributed by atoms with Crippen molar-refractivity contribution in [2.24, 2.45) is 5.41 Å². The molecule has 0 fully saturated rings. The molecule has 0 amide bonds. The van der Waals surface area contributed by atoms with Crippen LogP contribution in [0, 0.1) is 5.41 Å². The molecule has 1 unspecified atom stereocenters. The van der Waals surface area contributed by atoms with Gasteiger partial charge in [-0.25, -0.2) is 4.79 Å². The maximum absolute atomic E-state index is 12.3. The molecule has 0 saturated heterocycles. The first-order valence-electron chi connectivity index (χ1n) is 9.43. The second-order valence-electron chi connectivity index (χ2n) is 7.99. The van der Waals surface area contributed by atoms with E-state index in [-0.39, 0.29) is 24.0 Å². The molecular weight excluding hydrogens is 400 g/mol. The van der Waals surface area contributed by atoms with Crippen LogP contribution in [0.2, 0.25) is 0 Å². The van der Waals surface area contributed by atoms with E-state index in [0.29, 0.717) is 12.0 Å². The SMILES string of the molecule is CC1=C(C)C(C)(C)CC(OC(=O)CCC(=O)OC[C@H](O)[C@H]2OC(=O)C(O)=C2O)C1=O. The maximum atomic E-state index is 12.3. The van der Waals surface area contributed by atoms with Gasteiger partial charge in [0, 0.05) is 6.42 Å². The van der Waals surface area contributed by atoms with Gasteiger partial charge in [-0.15, -0.1) is 0 Å². The van der Waals surface area contributed by atoms with E-state index in [9.17, 15) is 34.5 Å². The molecule has 1 aliphatic carbocycles. The number of hydrogen-bond acceptors (Lipinski definition) is 10. The summed E-state index contributed by atoms with van der Waals surface area (Å²) in [5.74, 6) is -4.91. The van der Waals surface area contributed by atoms with Crippen molar-refractivity contribution in [3.8, 4) is 0 Å². The molecule has 0 aromatic heterocycles. The van der Waals surface area contributed by atoms with E-state index in [1.54, 1.807) is 6.92 Å². The summed E-state index contributed by atoms with van der Waals surface area (Å²) in [6, 6.07) is 0. The van der Waals surface area contributed by atoms with Crippen molar-refractivity contribution in [3.05, 3.63) is 22.7 Å². The number of esters is 3. The largest absolute Gasteiger partial charge is 0.505 e. The van der Waals surface area contributed by atoms with E-state index in [2.05, 4.69) is 4.74 Å². The Kier molecular flexibility index (Phi) is 6.91. The van der Waals surface area contributed by atoms with Gasteiger partial charge in [0.25, 0.3) is 0 Å². The lowest BCUT2D eigenvalue weighted by atomic mass is 9.72. The van der Waals surface area contributed by atoms with E-state index < -0.39 is 54.3 Å². The van der Waals surface area contributed by atoms with Gasteiger partial charge >= 0.3 is 17.9 Å². The van der Waals surface area contributed by atoms with Crippen molar-refractivity contribution >= 4 is 23.7 Å². The number of hydrogen-bond donors (Lipinski definition) is 3. The Morgan fingerprint density at radius 1 is 1.17 bits per heavy atom. The van der Waals surface area contributed by atoms with Crippen molar-refractivity contribution in [2.45, 2.75) is 65.3 Å². The van der Waals surface area contributed by atoms with Crippen molar-refractivity contribution in [2.75, 3.05) is 6.61 Å². The molecule has 0 saturated carbocycles. The molecule has 0 aromatic rings. The summed E-state index contributed by atoms with van der Waals surface area (Å²) in [5, 5.41) is 28.5. The Balaban J connectivity index is 1.78. The van der Waals surface area contributed by atoms with Gasteiger partial charge < -0.3 is 29.5 Å². The normalized spacial score (nSPS) is 24.6. The summed E-state index contributed by atoms with van der Waals surface area (Å²) in [6.07, 6.45) is -4.40. The second kappa shape index (κ2) is 8.86. The third-order valence-electron chi connectivity index (χ3n) is 5.45. The zero-order valence-electron chi connectivity index (χ0n) is 17.3. The molecule has 3 atom stereocenters. The standard InChI is InChI=1S/C20H26O10/c1-9-10(2)20(3,4)7-12(15(9)24)29-14(23)6-5-13(22)28-8-11(21)18-16(25)17(26)19(27)30-18/h11-12,18,21,25-26H,5-8H2,1-4H3/t11-,12?,18+/m0/s1.